The van der Waals surface area contributed by atoms with E-state index < -0.39 is 77.8 Å². The van der Waals surface area contributed by atoms with Crippen molar-refractivity contribution in [1.82, 2.24) is 49.5 Å². The maximum Gasteiger partial charge on any atom is 0.329 e. The second kappa shape index (κ2) is 53.5. The van der Waals surface area contributed by atoms with Crippen molar-refractivity contribution < 1.29 is 110 Å². The van der Waals surface area contributed by atoms with E-state index in [1.54, 1.807) is 51.8 Å². The number of benzene rings is 2. The number of ketones is 3. The molecule has 2 aromatic carbocycles. The van der Waals surface area contributed by atoms with E-state index in [0.29, 0.717) is 229 Å². The smallest absolute Gasteiger partial charge is 0.329 e. The minimum Gasteiger partial charge on any atom is -0.460 e. The number of hydrogen-bond acceptors (Lipinski definition) is 31. The van der Waals surface area contributed by atoms with Crippen molar-refractivity contribution in [2.45, 2.75) is 232 Å². The summed E-state index contributed by atoms with van der Waals surface area (Å²) >= 11 is 0. The number of hydrogen-bond donors (Lipinski definition) is 4. The molecule has 8 heterocycles. The van der Waals surface area contributed by atoms with Crippen molar-refractivity contribution in [2.75, 3.05) is 158 Å². The first-order valence-corrected chi connectivity index (χ1v) is 47.5. The van der Waals surface area contributed by atoms with Crippen molar-refractivity contribution >= 4 is 69.1 Å². The number of fused-ring (bicyclic) bond motifs is 6. The number of nitrogen functional groups attached to an aromatic ring is 2. The molecule has 1 saturated carbocycles. The van der Waals surface area contributed by atoms with Crippen LogP contribution in [0.1, 0.15) is 167 Å². The molecule has 3 fully saturated rings. The number of aliphatic hydroxyl groups excluding tert-OH is 1. The van der Waals surface area contributed by atoms with Gasteiger partial charge >= 0.3 is 5.97 Å². The number of aliphatic hydroxyl groups is 2. The lowest BCUT2D eigenvalue weighted by Gasteiger charge is -2.42. The molecule has 35 nitrogen and oxygen atoms in total. The standard InChI is InChI=1S/C98H142N12O23/c1-64-18-12-11-13-19-65(2)83(119-8)58-77-27-22-70(7)98(118,133-77)92(115)95(116)109-32-16-14-21-79(109)96(117)131-84(59-80(111)66(3)53-69(6)90(114)91(121-10)89(113)68(5)52-64)67(4)54-71-24-28-82(85(56-71)120-9)130-35-17-15-20-76-62-108(106-104-76)34-37-123-39-41-125-43-45-127-47-49-129-51-50-128-48-46-126-44-42-124-40-38-122-36-31-86(112)107-33-30-73-55-72(23-25-75(73)61-107)60-110-94-87(93(99)101-63-102-94)88(105-110)74-26-29-81-78(57-74)103-97(100)132-81/h11-13,18-19,23,25-26,29,53,55,57,62-64,66-68,70-71,77,79,82-85,90-91,114,118H,14-17,20-22,24,27-28,30-52,54,56,58-61H2,1-10H3,(H2,100,103)(H2,99,101,102)/b13-11+,18-12+,65-19+,69-53+/t64?,66-,67-,68-,70-,71+,77+,79+,82-,83+,84+,85-,90-,91+,98-/m1/s1. The number of aryl methyl sites for hydroxylation is 1. The van der Waals surface area contributed by atoms with Crippen LogP contribution in [0.25, 0.3) is 33.4 Å². The Bertz CT molecular complexity index is 4820. The number of ether oxygens (including phenoxy) is 14. The highest BCUT2D eigenvalue weighted by Gasteiger charge is 2.53. The van der Waals surface area contributed by atoms with E-state index in [9.17, 15) is 39.0 Å². The van der Waals surface area contributed by atoms with E-state index in [4.69, 9.17) is 87.3 Å². The van der Waals surface area contributed by atoms with Gasteiger partial charge in [0.1, 0.15) is 53.5 Å². The number of aromatic nitrogens is 8. The highest BCUT2D eigenvalue weighted by molar-refractivity contribution is 6.39. The Morgan fingerprint density at radius 2 is 1.41 bits per heavy atom. The van der Waals surface area contributed by atoms with Gasteiger partial charge in [-0.25, -0.2) is 24.1 Å². The highest BCUT2D eigenvalue weighted by Crippen LogP contribution is 2.40. The molecule has 15 atom stereocenters. The van der Waals surface area contributed by atoms with E-state index in [0.717, 1.165) is 66.5 Å². The Balaban J connectivity index is 0.503. The van der Waals surface area contributed by atoms with E-state index >= 15 is 0 Å². The Morgan fingerprint density at radius 3 is 2.10 bits per heavy atom. The van der Waals surface area contributed by atoms with Gasteiger partial charge in [-0.2, -0.15) is 10.1 Å². The van der Waals surface area contributed by atoms with Crippen LogP contribution in [0, 0.1) is 35.5 Å². The first-order chi connectivity index (χ1) is 64.3. The monoisotopic (exact) mass is 1860 g/mol. The fourth-order valence-corrected chi connectivity index (χ4v) is 18.1. The number of piperidine rings is 1. The fraction of sp³-hybridized carbons (Fsp3) is 0.653. The number of nitrogens with two attached hydrogens (primary N) is 2. The molecule has 1 unspecified atom stereocenters. The van der Waals surface area contributed by atoms with Crippen molar-refractivity contribution in [3.63, 3.8) is 0 Å². The van der Waals surface area contributed by atoms with Crippen molar-refractivity contribution in [3.05, 3.63) is 119 Å². The van der Waals surface area contributed by atoms with Crippen LogP contribution in [0.5, 0.6) is 0 Å². The number of oxazole rings is 1. The molecular formula is C98H142N12O23. The predicted octanol–water partition coefficient (Wildman–Crippen LogP) is 10.1. The molecule has 1 aliphatic carbocycles. The molecule has 2 bridgehead atoms. The molecule has 133 heavy (non-hydrogen) atoms. The lowest BCUT2D eigenvalue weighted by molar-refractivity contribution is -0.265. The molecule has 732 valence electrons. The lowest BCUT2D eigenvalue weighted by Crippen LogP contribution is -2.61. The van der Waals surface area contributed by atoms with E-state index in [1.165, 1.54) is 23.9 Å². The van der Waals surface area contributed by atoms with Gasteiger partial charge in [0.25, 0.3) is 17.7 Å². The van der Waals surface area contributed by atoms with Crippen LogP contribution in [0.4, 0.5) is 11.8 Å². The van der Waals surface area contributed by atoms with Crippen LogP contribution >= 0.6 is 0 Å². The zero-order valence-electron chi connectivity index (χ0n) is 79.3. The Morgan fingerprint density at radius 1 is 0.707 bits per heavy atom. The number of allylic oxidation sites excluding steroid dienone is 6. The van der Waals surface area contributed by atoms with Gasteiger partial charge in [-0.15, -0.1) is 5.10 Å². The second-order valence-corrected chi connectivity index (χ2v) is 35.9. The third-order valence-electron chi connectivity index (χ3n) is 25.9. The molecule has 4 aromatic heterocycles. The topological polar surface area (TPSA) is 431 Å². The molecule has 0 spiro atoms. The average Bonchev–Trinajstić information content (AvgIpc) is 1.64. The summed E-state index contributed by atoms with van der Waals surface area (Å²) in [5.74, 6) is -7.81. The van der Waals surface area contributed by atoms with E-state index in [1.807, 2.05) is 86.0 Å². The number of Topliss-reactive ketones (excluding diaryl/α,β-unsaturated/α-hetero) is 3. The summed E-state index contributed by atoms with van der Waals surface area (Å²) in [5.41, 5.74) is 20.9. The molecule has 35 heteroatoms. The quantitative estimate of drug-likeness (QED) is 0.0120. The van der Waals surface area contributed by atoms with Gasteiger partial charge in [0.05, 0.1) is 161 Å². The number of rotatable bonds is 42. The predicted molar refractivity (Wildman–Crippen MR) is 495 cm³/mol. The maximum absolute atomic E-state index is 14.8. The molecule has 11 rings (SSSR count). The minimum atomic E-state index is -2.46. The molecule has 2 saturated heterocycles. The Kier molecular flexibility index (Phi) is 42.0. The number of carbonyl (C=O) groups is 6. The van der Waals surface area contributed by atoms with Gasteiger partial charge in [0, 0.05) is 89.9 Å². The van der Waals surface area contributed by atoms with Crippen molar-refractivity contribution in [1.29, 1.82) is 0 Å². The molecule has 2 amide bonds. The number of esters is 1. The van der Waals surface area contributed by atoms with Crippen LogP contribution in [-0.2, 0) is 128 Å². The molecule has 5 aliphatic rings. The lowest BCUT2D eigenvalue weighted by atomic mass is 9.78. The number of amides is 2. The first kappa shape index (κ1) is 104. The van der Waals surface area contributed by atoms with Gasteiger partial charge in [0.2, 0.25) is 11.7 Å². The van der Waals surface area contributed by atoms with E-state index in [-0.39, 0.29) is 79.3 Å². The van der Waals surface area contributed by atoms with Crippen LogP contribution in [0.15, 0.2) is 101 Å². The van der Waals surface area contributed by atoms with Crippen molar-refractivity contribution in [3.8, 4) is 11.3 Å². The van der Waals surface area contributed by atoms with Crippen LogP contribution < -0.4 is 11.5 Å². The van der Waals surface area contributed by atoms with Crippen LogP contribution in [0.2, 0.25) is 0 Å². The third kappa shape index (κ3) is 30.7. The zero-order valence-corrected chi connectivity index (χ0v) is 79.3. The SMILES string of the molecule is CO[C@H]1C[C@@H]2CC[C@@H](C)[C@@](O)(O2)C(=O)C(=O)N2CCCC[C@H]2C(=O)O[C@H]([C@H](C)C[C@@H]2CC[C@@H](OCCCCc3cn(CCOCCOCCOCCOCCOCCOCCOCCOCCC(=O)N4CCc5cc(Cn6nc(-c7ccc8oc(N)nc8c7)c7c(N)ncnc76)ccc5C4)nn3)[C@H](OC)C2)CC(=O)[C@H](C)/C=C(\C)[C@@H](O)[C@@H](OC)C(=O)[C@H](C)CC(C)/C=C/C=C/C=C/1C. The van der Waals surface area contributed by atoms with Gasteiger partial charge in [0.15, 0.2) is 17.0 Å². The molecule has 4 aliphatic heterocycles. The molecular weight excluding hydrogens is 1710 g/mol. The Hall–Kier alpha value is -9.02. The van der Waals surface area contributed by atoms with Gasteiger partial charge in [-0.1, -0.05) is 94.5 Å². The molecule has 0 radical (unpaired) electrons. The summed E-state index contributed by atoms with van der Waals surface area (Å²) in [7, 11) is 4.65. The van der Waals surface area contributed by atoms with Crippen LogP contribution in [0.3, 0.4) is 0 Å². The fourth-order valence-electron chi connectivity index (χ4n) is 18.1. The van der Waals surface area contributed by atoms with E-state index in [2.05, 4.69) is 43.5 Å². The summed E-state index contributed by atoms with van der Waals surface area (Å²) in [5, 5.41) is 38.1. The number of unbranched alkanes of at least 4 members (excludes halogenated alkanes) is 1. The summed E-state index contributed by atoms with van der Waals surface area (Å²) in [4.78, 5) is 102. The average molecular weight is 1860 g/mol. The minimum absolute atomic E-state index is 0.00551. The Labute approximate surface area is 780 Å². The van der Waals surface area contributed by atoms with Crippen molar-refractivity contribution in [2.24, 2.45) is 35.5 Å². The zero-order chi connectivity index (χ0) is 94.8. The number of methoxy groups -OCH3 is 3. The number of cyclic esters (lactones) is 1. The largest absolute Gasteiger partial charge is 0.460 e. The van der Waals surface area contributed by atoms with Gasteiger partial charge in [-0.05, 0) is 168 Å². The number of anilines is 2. The molecule has 6 aromatic rings. The number of nitrogens with zero attached hydrogens (tertiary/aromatic N) is 10. The summed E-state index contributed by atoms with van der Waals surface area (Å²) in [6.45, 7) is 22.2. The maximum atomic E-state index is 14.8. The van der Waals surface area contributed by atoms with Gasteiger partial charge in [-0.3, -0.25) is 24.0 Å². The highest BCUT2D eigenvalue weighted by atomic mass is 16.6. The second-order valence-electron chi connectivity index (χ2n) is 35.9. The van der Waals surface area contributed by atoms with Crippen LogP contribution in [-0.4, -0.2) is 296 Å². The molecule has 6 N–H and O–H groups in total. The number of carbonyl (C=O) groups excluding carboxylic acids is 6. The summed E-state index contributed by atoms with van der Waals surface area (Å²) in [6.07, 6.45) is 18.6. The first-order valence-electron chi connectivity index (χ1n) is 47.5. The normalized spacial score (nSPS) is 26.4. The third-order valence-corrected chi connectivity index (χ3v) is 25.9. The summed E-state index contributed by atoms with van der Waals surface area (Å²) < 4.78 is 91.2. The summed E-state index contributed by atoms with van der Waals surface area (Å²) in [6, 6.07) is 10.8. The van der Waals surface area contributed by atoms with Gasteiger partial charge < -0.3 is 102 Å².